The molecule has 0 bridgehead atoms. The molecule has 1 amide bonds. The number of aliphatic hydroxyl groups excluding tert-OH is 1. The van der Waals surface area contributed by atoms with E-state index >= 15 is 0 Å². The maximum absolute atomic E-state index is 12.3. The quantitative estimate of drug-likeness (QED) is 0.679. The van der Waals surface area contributed by atoms with Gasteiger partial charge in [0.15, 0.2) is 0 Å². The van der Waals surface area contributed by atoms with Crippen LogP contribution in [-0.2, 0) is 4.79 Å². The molecule has 0 aliphatic carbocycles. The molecular formula is C19H26N2O2S. The summed E-state index contributed by atoms with van der Waals surface area (Å²) in [5, 5.41) is 20.2. The molecule has 3 N–H and O–H groups in total. The Balaban J connectivity index is 1.82. The lowest BCUT2D eigenvalue weighted by Gasteiger charge is -2.18. The van der Waals surface area contributed by atoms with Gasteiger partial charge in [-0.15, -0.1) is 0 Å². The average Bonchev–Trinajstić information content (AvgIpc) is 3.07. The summed E-state index contributed by atoms with van der Waals surface area (Å²) in [7, 11) is 0. The molecule has 0 radical (unpaired) electrons. The van der Waals surface area contributed by atoms with Crippen LogP contribution in [-0.4, -0.2) is 23.6 Å². The number of anilines is 1. The Labute approximate surface area is 147 Å². The van der Waals surface area contributed by atoms with E-state index < -0.39 is 6.10 Å². The summed E-state index contributed by atoms with van der Waals surface area (Å²) in [4.78, 5) is 12.3. The SMILES string of the molecule is CC(CC(=O)Nc1ccccc1C(C)C)NCC(O)c1ccsc1. The van der Waals surface area contributed by atoms with Crippen molar-refractivity contribution in [3.05, 3.63) is 52.2 Å². The molecule has 0 fully saturated rings. The number of hydrogen-bond donors (Lipinski definition) is 3. The van der Waals surface area contributed by atoms with Gasteiger partial charge >= 0.3 is 0 Å². The van der Waals surface area contributed by atoms with Gasteiger partial charge in [0.05, 0.1) is 6.10 Å². The molecule has 2 rings (SSSR count). The van der Waals surface area contributed by atoms with E-state index in [9.17, 15) is 9.90 Å². The third-order valence-electron chi connectivity index (χ3n) is 3.94. The van der Waals surface area contributed by atoms with E-state index in [-0.39, 0.29) is 11.9 Å². The Morgan fingerprint density at radius 3 is 2.62 bits per heavy atom. The lowest BCUT2D eigenvalue weighted by molar-refractivity contribution is -0.116. The van der Waals surface area contributed by atoms with E-state index in [1.807, 2.05) is 48.0 Å². The van der Waals surface area contributed by atoms with Crippen molar-refractivity contribution in [3.63, 3.8) is 0 Å². The lowest BCUT2D eigenvalue weighted by Crippen LogP contribution is -2.33. The summed E-state index contributed by atoms with van der Waals surface area (Å²) in [6.07, 6.45) is -0.175. The first-order valence-electron chi connectivity index (χ1n) is 8.29. The number of aliphatic hydroxyl groups is 1. The van der Waals surface area contributed by atoms with Crippen molar-refractivity contribution < 1.29 is 9.90 Å². The fraction of sp³-hybridized carbons (Fsp3) is 0.421. The minimum atomic E-state index is -0.538. The van der Waals surface area contributed by atoms with Crippen molar-refractivity contribution in [3.8, 4) is 0 Å². The van der Waals surface area contributed by atoms with Crippen LogP contribution in [0.4, 0.5) is 5.69 Å². The molecule has 0 aliphatic heterocycles. The molecule has 24 heavy (non-hydrogen) atoms. The molecule has 0 aliphatic rings. The third kappa shape index (κ3) is 5.44. The molecule has 4 nitrogen and oxygen atoms in total. The molecule has 5 heteroatoms. The van der Waals surface area contributed by atoms with Crippen LogP contribution in [0.15, 0.2) is 41.1 Å². The second-order valence-corrected chi connectivity index (χ2v) is 7.16. The van der Waals surface area contributed by atoms with E-state index in [0.717, 1.165) is 16.8 Å². The van der Waals surface area contributed by atoms with Crippen molar-refractivity contribution in [2.24, 2.45) is 0 Å². The zero-order chi connectivity index (χ0) is 17.5. The largest absolute Gasteiger partial charge is 0.387 e. The van der Waals surface area contributed by atoms with E-state index in [0.29, 0.717) is 18.9 Å². The van der Waals surface area contributed by atoms with Crippen LogP contribution in [0, 0.1) is 0 Å². The van der Waals surface area contributed by atoms with E-state index in [2.05, 4.69) is 24.5 Å². The molecule has 1 aromatic carbocycles. The summed E-state index contributed by atoms with van der Waals surface area (Å²) >= 11 is 1.57. The summed E-state index contributed by atoms with van der Waals surface area (Å²) in [5.41, 5.74) is 2.93. The van der Waals surface area contributed by atoms with Crippen molar-refractivity contribution in [2.45, 2.75) is 45.3 Å². The van der Waals surface area contributed by atoms with Gasteiger partial charge in [0.2, 0.25) is 5.91 Å². The number of thiophene rings is 1. The van der Waals surface area contributed by atoms with Crippen molar-refractivity contribution in [1.82, 2.24) is 5.32 Å². The van der Waals surface area contributed by atoms with E-state index in [1.54, 1.807) is 11.3 Å². The van der Waals surface area contributed by atoms with Gasteiger partial charge in [0, 0.05) is 24.7 Å². The van der Waals surface area contributed by atoms with Crippen LogP contribution in [0.2, 0.25) is 0 Å². The topological polar surface area (TPSA) is 61.4 Å². The number of amides is 1. The third-order valence-corrected chi connectivity index (χ3v) is 4.64. The van der Waals surface area contributed by atoms with Gasteiger partial charge in [-0.2, -0.15) is 11.3 Å². The Kier molecular flexibility index (Phi) is 6.97. The highest BCUT2D eigenvalue weighted by Crippen LogP contribution is 2.23. The van der Waals surface area contributed by atoms with E-state index in [1.165, 1.54) is 0 Å². The summed E-state index contributed by atoms with van der Waals surface area (Å²) in [6, 6.07) is 9.80. The fourth-order valence-corrected chi connectivity index (χ4v) is 3.27. The average molecular weight is 346 g/mol. The highest BCUT2D eigenvalue weighted by molar-refractivity contribution is 7.07. The monoisotopic (exact) mass is 346 g/mol. The number of para-hydroxylation sites is 1. The van der Waals surface area contributed by atoms with Crippen LogP contribution >= 0.6 is 11.3 Å². The Bertz CT molecular complexity index is 641. The van der Waals surface area contributed by atoms with Crippen LogP contribution in [0.1, 0.15) is 50.3 Å². The first-order valence-corrected chi connectivity index (χ1v) is 9.24. The molecule has 0 spiro atoms. The Morgan fingerprint density at radius 2 is 1.96 bits per heavy atom. The van der Waals surface area contributed by atoms with Gasteiger partial charge in [-0.1, -0.05) is 32.0 Å². The minimum Gasteiger partial charge on any atom is -0.387 e. The molecule has 130 valence electrons. The van der Waals surface area contributed by atoms with Crippen LogP contribution in [0.3, 0.4) is 0 Å². The number of carbonyl (C=O) groups is 1. The van der Waals surface area contributed by atoms with Gasteiger partial charge in [-0.05, 0) is 46.9 Å². The van der Waals surface area contributed by atoms with Crippen molar-refractivity contribution in [2.75, 3.05) is 11.9 Å². The molecule has 1 heterocycles. The molecule has 2 unspecified atom stereocenters. The normalized spacial score (nSPS) is 13.7. The predicted octanol–water partition coefficient (Wildman–Crippen LogP) is 3.91. The van der Waals surface area contributed by atoms with Crippen molar-refractivity contribution >= 4 is 22.9 Å². The van der Waals surface area contributed by atoms with E-state index in [4.69, 9.17) is 0 Å². The minimum absolute atomic E-state index is 0.00972. The highest BCUT2D eigenvalue weighted by Gasteiger charge is 2.14. The maximum Gasteiger partial charge on any atom is 0.225 e. The van der Waals surface area contributed by atoms with Crippen LogP contribution < -0.4 is 10.6 Å². The number of benzene rings is 1. The first-order chi connectivity index (χ1) is 11.5. The number of nitrogens with one attached hydrogen (secondary N) is 2. The molecule has 2 atom stereocenters. The Hall–Kier alpha value is -1.69. The summed E-state index contributed by atoms with van der Waals surface area (Å²) < 4.78 is 0. The number of carbonyl (C=O) groups excluding carboxylic acids is 1. The second kappa shape index (κ2) is 8.97. The summed E-state index contributed by atoms with van der Waals surface area (Å²) in [5.74, 6) is 0.339. The zero-order valence-electron chi connectivity index (χ0n) is 14.5. The second-order valence-electron chi connectivity index (χ2n) is 6.38. The summed E-state index contributed by atoms with van der Waals surface area (Å²) in [6.45, 7) is 6.62. The molecular weight excluding hydrogens is 320 g/mol. The predicted molar refractivity (Wildman–Crippen MR) is 101 cm³/mol. The van der Waals surface area contributed by atoms with Gasteiger partial charge in [-0.3, -0.25) is 4.79 Å². The van der Waals surface area contributed by atoms with Crippen LogP contribution in [0.5, 0.6) is 0 Å². The molecule has 0 saturated carbocycles. The fourth-order valence-electron chi connectivity index (χ4n) is 2.56. The number of rotatable bonds is 8. The lowest BCUT2D eigenvalue weighted by atomic mass is 10.0. The van der Waals surface area contributed by atoms with Gasteiger partial charge in [0.1, 0.15) is 0 Å². The zero-order valence-corrected chi connectivity index (χ0v) is 15.3. The Morgan fingerprint density at radius 1 is 1.21 bits per heavy atom. The molecule has 2 aromatic rings. The molecule has 1 aromatic heterocycles. The van der Waals surface area contributed by atoms with Crippen LogP contribution in [0.25, 0.3) is 0 Å². The highest BCUT2D eigenvalue weighted by atomic mass is 32.1. The first kappa shape index (κ1) is 18.6. The van der Waals surface area contributed by atoms with Gasteiger partial charge < -0.3 is 15.7 Å². The standard InChI is InChI=1S/C19H26N2O2S/c1-13(2)16-6-4-5-7-17(16)21-19(23)10-14(3)20-11-18(22)15-8-9-24-12-15/h4-9,12-14,18,20,22H,10-11H2,1-3H3,(H,21,23). The van der Waals surface area contributed by atoms with Gasteiger partial charge in [0.25, 0.3) is 0 Å². The smallest absolute Gasteiger partial charge is 0.225 e. The number of hydrogen-bond acceptors (Lipinski definition) is 4. The van der Waals surface area contributed by atoms with Gasteiger partial charge in [-0.25, -0.2) is 0 Å². The molecule has 0 saturated heterocycles. The van der Waals surface area contributed by atoms with Crippen molar-refractivity contribution in [1.29, 1.82) is 0 Å². The maximum atomic E-state index is 12.3.